The number of benzene rings is 1. The van der Waals surface area contributed by atoms with E-state index in [1.807, 2.05) is 18.2 Å². The first-order chi connectivity index (χ1) is 5.25. The molecule has 0 aromatic heterocycles. The summed E-state index contributed by atoms with van der Waals surface area (Å²) >= 11 is 0. The van der Waals surface area contributed by atoms with Gasteiger partial charge in [-0.05, 0) is 11.6 Å². The first-order valence-electron chi connectivity index (χ1n) is 3.39. The van der Waals surface area contributed by atoms with Crippen LogP contribution in [0.2, 0.25) is 0 Å². The highest BCUT2D eigenvalue weighted by molar-refractivity contribution is 5.73. The Morgan fingerprint density at radius 1 is 1.45 bits per heavy atom. The first-order valence-corrected chi connectivity index (χ1v) is 3.39. The van der Waals surface area contributed by atoms with Crippen LogP contribution < -0.4 is 5.73 Å². The summed E-state index contributed by atoms with van der Waals surface area (Å²) in [6.07, 6.45) is 0. The molecule has 1 aromatic carbocycles. The van der Waals surface area contributed by atoms with Crippen molar-refractivity contribution in [1.82, 2.24) is 0 Å². The van der Waals surface area contributed by atoms with Gasteiger partial charge in [0.2, 0.25) is 0 Å². The van der Waals surface area contributed by atoms with Gasteiger partial charge in [0.1, 0.15) is 0 Å². The molecule has 0 aliphatic heterocycles. The Kier molecular flexibility index (Phi) is 2.28. The van der Waals surface area contributed by atoms with E-state index >= 15 is 0 Å². The van der Waals surface area contributed by atoms with Crippen LogP contribution in [0.1, 0.15) is 5.56 Å². The minimum atomic E-state index is -0.0474. The number of hydrogen-bond donors (Lipinski definition) is 2. The molecule has 3 N–H and O–H groups in total. The monoisotopic (exact) mass is 149 g/mol. The van der Waals surface area contributed by atoms with Gasteiger partial charge in [-0.25, -0.2) is 0 Å². The summed E-state index contributed by atoms with van der Waals surface area (Å²) in [5.41, 5.74) is 7.77. The molecule has 0 saturated carbocycles. The van der Waals surface area contributed by atoms with Crippen molar-refractivity contribution in [2.75, 3.05) is 12.3 Å². The van der Waals surface area contributed by atoms with Crippen molar-refractivity contribution in [2.24, 2.45) is 0 Å². The lowest BCUT2D eigenvalue weighted by Crippen LogP contribution is -1.94. The standard InChI is InChI=1S/C9H11NO/c1-7(6-11)8-4-2-3-5-9(8)10/h2-5,11H,1,6,10H2. The summed E-state index contributed by atoms with van der Waals surface area (Å²) in [4.78, 5) is 0. The normalized spacial score (nSPS) is 9.55. The number of nitrogen functional groups attached to an aromatic ring is 1. The lowest BCUT2D eigenvalue weighted by atomic mass is 10.1. The van der Waals surface area contributed by atoms with Crippen LogP contribution in [0, 0.1) is 0 Å². The topological polar surface area (TPSA) is 46.2 Å². The SMILES string of the molecule is C=C(CO)c1ccccc1N. The highest BCUT2D eigenvalue weighted by Gasteiger charge is 1.99. The average molecular weight is 149 g/mol. The van der Waals surface area contributed by atoms with Gasteiger partial charge in [-0.2, -0.15) is 0 Å². The second-order valence-electron chi connectivity index (χ2n) is 2.35. The van der Waals surface area contributed by atoms with Crippen molar-refractivity contribution in [2.45, 2.75) is 0 Å². The average Bonchev–Trinajstić information content (AvgIpc) is 2.04. The number of aliphatic hydroxyl groups is 1. The number of para-hydroxylation sites is 1. The van der Waals surface area contributed by atoms with Gasteiger partial charge in [0, 0.05) is 11.3 Å². The van der Waals surface area contributed by atoms with Crippen LogP contribution >= 0.6 is 0 Å². The highest BCUT2D eigenvalue weighted by atomic mass is 16.3. The summed E-state index contributed by atoms with van der Waals surface area (Å²) in [6.45, 7) is 3.63. The van der Waals surface area contributed by atoms with E-state index in [0.29, 0.717) is 11.3 Å². The molecule has 0 saturated heterocycles. The predicted molar refractivity (Wildman–Crippen MR) is 47.0 cm³/mol. The van der Waals surface area contributed by atoms with Gasteiger partial charge < -0.3 is 10.8 Å². The van der Waals surface area contributed by atoms with Crippen LogP contribution in [-0.4, -0.2) is 11.7 Å². The van der Waals surface area contributed by atoms with E-state index in [4.69, 9.17) is 10.8 Å². The van der Waals surface area contributed by atoms with Gasteiger partial charge in [-0.15, -0.1) is 0 Å². The van der Waals surface area contributed by atoms with Crippen LogP contribution in [0.3, 0.4) is 0 Å². The highest BCUT2D eigenvalue weighted by Crippen LogP contribution is 2.18. The van der Waals surface area contributed by atoms with E-state index < -0.39 is 0 Å². The minimum Gasteiger partial charge on any atom is -0.398 e. The van der Waals surface area contributed by atoms with E-state index in [0.717, 1.165) is 5.56 Å². The summed E-state index contributed by atoms with van der Waals surface area (Å²) in [5, 5.41) is 8.76. The van der Waals surface area contributed by atoms with E-state index in [9.17, 15) is 0 Å². The van der Waals surface area contributed by atoms with Crippen molar-refractivity contribution < 1.29 is 5.11 Å². The van der Waals surface area contributed by atoms with E-state index in [-0.39, 0.29) is 6.61 Å². The van der Waals surface area contributed by atoms with Crippen LogP contribution in [0.25, 0.3) is 5.57 Å². The lowest BCUT2D eigenvalue weighted by Gasteiger charge is -2.04. The fourth-order valence-electron chi connectivity index (χ4n) is 0.904. The van der Waals surface area contributed by atoms with Gasteiger partial charge >= 0.3 is 0 Å². The largest absolute Gasteiger partial charge is 0.398 e. The molecule has 0 spiro atoms. The van der Waals surface area contributed by atoms with E-state index in [1.54, 1.807) is 6.07 Å². The fraction of sp³-hybridized carbons (Fsp3) is 0.111. The van der Waals surface area contributed by atoms with Gasteiger partial charge in [0.25, 0.3) is 0 Å². The maximum absolute atomic E-state index is 8.76. The summed E-state index contributed by atoms with van der Waals surface area (Å²) in [5.74, 6) is 0. The molecule has 11 heavy (non-hydrogen) atoms. The molecule has 1 rings (SSSR count). The molecular formula is C9H11NO. The van der Waals surface area contributed by atoms with Gasteiger partial charge in [0.15, 0.2) is 0 Å². The predicted octanol–water partition coefficient (Wildman–Crippen LogP) is 1.27. The van der Waals surface area contributed by atoms with Gasteiger partial charge in [-0.1, -0.05) is 24.8 Å². The molecule has 0 unspecified atom stereocenters. The van der Waals surface area contributed by atoms with Crippen LogP contribution in [0.15, 0.2) is 30.8 Å². The molecule has 0 aliphatic carbocycles. The Labute approximate surface area is 66.0 Å². The Morgan fingerprint density at radius 3 is 2.64 bits per heavy atom. The summed E-state index contributed by atoms with van der Waals surface area (Å²) < 4.78 is 0. The van der Waals surface area contributed by atoms with Crippen LogP contribution in [-0.2, 0) is 0 Å². The molecule has 0 fully saturated rings. The van der Waals surface area contributed by atoms with Crippen molar-refractivity contribution in [1.29, 1.82) is 0 Å². The molecule has 0 aliphatic rings. The lowest BCUT2D eigenvalue weighted by molar-refractivity contribution is 0.350. The van der Waals surface area contributed by atoms with Crippen molar-refractivity contribution >= 4 is 11.3 Å². The molecule has 0 radical (unpaired) electrons. The smallest absolute Gasteiger partial charge is 0.0682 e. The van der Waals surface area contributed by atoms with Gasteiger partial charge in [-0.3, -0.25) is 0 Å². The quantitative estimate of drug-likeness (QED) is 0.622. The number of rotatable bonds is 2. The third-order valence-corrected chi connectivity index (χ3v) is 1.53. The van der Waals surface area contributed by atoms with Crippen molar-refractivity contribution in [3.63, 3.8) is 0 Å². The van der Waals surface area contributed by atoms with Crippen molar-refractivity contribution in [3.8, 4) is 0 Å². The number of nitrogens with two attached hydrogens (primary N) is 1. The molecule has 2 heteroatoms. The second kappa shape index (κ2) is 3.21. The minimum absolute atomic E-state index is 0.0474. The zero-order valence-electron chi connectivity index (χ0n) is 6.25. The maximum atomic E-state index is 8.76. The third-order valence-electron chi connectivity index (χ3n) is 1.53. The zero-order valence-corrected chi connectivity index (χ0v) is 6.25. The molecule has 2 nitrogen and oxygen atoms in total. The first kappa shape index (κ1) is 7.82. The Bertz CT molecular complexity index is 268. The number of hydrogen-bond acceptors (Lipinski definition) is 2. The Hall–Kier alpha value is -1.28. The number of anilines is 1. The Balaban J connectivity index is 3.03. The second-order valence-corrected chi connectivity index (χ2v) is 2.35. The molecule has 0 atom stereocenters. The molecular weight excluding hydrogens is 138 g/mol. The summed E-state index contributed by atoms with van der Waals surface area (Å²) in [7, 11) is 0. The van der Waals surface area contributed by atoms with Gasteiger partial charge in [0.05, 0.1) is 6.61 Å². The van der Waals surface area contributed by atoms with Crippen molar-refractivity contribution in [3.05, 3.63) is 36.4 Å². The maximum Gasteiger partial charge on any atom is 0.0682 e. The molecule has 1 aromatic rings. The molecule has 58 valence electrons. The van der Waals surface area contributed by atoms with Crippen LogP contribution in [0.4, 0.5) is 5.69 Å². The van der Waals surface area contributed by atoms with Crippen LogP contribution in [0.5, 0.6) is 0 Å². The number of aliphatic hydroxyl groups excluding tert-OH is 1. The Morgan fingerprint density at radius 2 is 2.09 bits per heavy atom. The summed E-state index contributed by atoms with van der Waals surface area (Å²) in [6, 6.07) is 7.35. The van der Waals surface area contributed by atoms with E-state index in [1.165, 1.54) is 0 Å². The zero-order chi connectivity index (χ0) is 8.27. The molecule has 0 heterocycles. The third kappa shape index (κ3) is 1.59. The van der Waals surface area contributed by atoms with E-state index in [2.05, 4.69) is 6.58 Å². The molecule has 0 amide bonds. The fourth-order valence-corrected chi connectivity index (χ4v) is 0.904. The molecule has 0 bridgehead atoms.